The molecule has 0 amide bonds. The molecular weight excluding hydrogens is 296 g/mol. The van der Waals surface area contributed by atoms with Gasteiger partial charge in [-0.1, -0.05) is 48.5 Å². The minimum Gasteiger partial charge on any atom is -0.329 e. The van der Waals surface area contributed by atoms with Crippen molar-refractivity contribution in [3.05, 3.63) is 45.3 Å². The van der Waals surface area contributed by atoms with Gasteiger partial charge < -0.3 is 5.73 Å². The molecule has 1 unspecified atom stereocenters. The molecule has 2 aromatic rings. The summed E-state index contributed by atoms with van der Waals surface area (Å²) in [6.07, 6.45) is 0.867. The maximum Gasteiger partial charge on any atom is 0.343 e. The molecule has 108 valence electrons. The number of benzene rings is 1. The van der Waals surface area contributed by atoms with Crippen molar-refractivity contribution < 1.29 is 0 Å². The molecule has 7 heteroatoms. The van der Waals surface area contributed by atoms with E-state index in [-0.39, 0.29) is 10.9 Å². The highest BCUT2D eigenvalue weighted by molar-refractivity contribution is 7.99. The molecule has 1 atom stereocenters. The van der Waals surface area contributed by atoms with Crippen molar-refractivity contribution in [1.82, 2.24) is 14.8 Å². The third-order valence-electron chi connectivity index (χ3n) is 2.88. The fourth-order valence-electron chi connectivity index (χ4n) is 1.92. The van der Waals surface area contributed by atoms with Crippen LogP contribution >= 0.6 is 23.4 Å². The van der Waals surface area contributed by atoms with Gasteiger partial charge in [-0.05, 0) is 18.1 Å². The predicted molar refractivity (Wildman–Crippen MR) is 82.2 cm³/mol. The van der Waals surface area contributed by atoms with Crippen LogP contribution in [0.5, 0.6) is 0 Å². The van der Waals surface area contributed by atoms with Crippen LogP contribution in [0, 0.1) is 0 Å². The monoisotopic (exact) mass is 312 g/mol. The van der Waals surface area contributed by atoms with E-state index < -0.39 is 0 Å². The zero-order chi connectivity index (χ0) is 14.5. The fourth-order valence-corrected chi connectivity index (χ4v) is 3.33. The van der Waals surface area contributed by atoms with Crippen LogP contribution in [0.2, 0.25) is 5.02 Å². The molecule has 2 rings (SSSR count). The van der Waals surface area contributed by atoms with Gasteiger partial charge >= 0.3 is 5.69 Å². The van der Waals surface area contributed by atoms with Gasteiger partial charge in [0.15, 0.2) is 5.16 Å². The van der Waals surface area contributed by atoms with E-state index in [9.17, 15) is 4.79 Å². The Balaban J connectivity index is 2.27. The highest BCUT2D eigenvalue weighted by atomic mass is 35.5. The van der Waals surface area contributed by atoms with Gasteiger partial charge in [0.2, 0.25) is 0 Å². The Bertz CT molecular complexity index is 625. The first-order chi connectivity index (χ1) is 9.67. The Morgan fingerprint density at radius 3 is 2.90 bits per heavy atom. The number of hydrogen-bond donors (Lipinski definition) is 2. The number of halogens is 1. The van der Waals surface area contributed by atoms with Gasteiger partial charge in [-0.3, -0.25) is 4.57 Å². The molecule has 0 saturated carbocycles. The summed E-state index contributed by atoms with van der Waals surface area (Å²) in [6.45, 7) is 3.07. The highest BCUT2D eigenvalue weighted by Gasteiger charge is 2.18. The molecule has 5 nitrogen and oxygen atoms in total. The Hall–Kier alpha value is -1.24. The lowest BCUT2D eigenvalue weighted by atomic mass is 10.1. The van der Waals surface area contributed by atoms with Gasteiger partial charge in [0.25, 0.3) is 0 Å². The molecule has 3 N–H and O–H groups in total. The molecule has 0 aliphatic heterocycles. The summed E-state index contributed by atoms with van der Waals surface area (Å²) in [5.41, 5.74) is 6.62. The van der Waals surface area contributed by atoms with Crippen LogP contribution in [0.25, 0.3) is 0 Å². The van der Waals surface area contributed by atoms with Crippen LogP contribution in [-0.2, 0) is 6.54 Å². The molecule has 20 heavy (non-hydrogen) atoms. The Morgan fingerprint density at radius 2 is 2.25 bits per heavy atom. The molecule has 0 aliphatic rings. The second kappa shape index (κ2) is 6.97. The first kappa shape index (κ1) is 15.2. The minimum absolute atomic E-state index is 0.0329. The molecule has 1 heterocycles. The van der Waals surface area contributed by atoms with E-state index >= 15 is 0 Å². The quantitative estimate of drug-likeness (QED) is 0.803. The second-order valence-electron chi connectivity index (χ2n) is 4.33. The van der Waals surface area contributed by atoms with Gasteiger partial charge in [-0.2, -0.15) is 0 Å². The summed E-state index contributed by atoms with van der Waals surface area (Å²) in [6, 6.07) is 7.59. The summed E-state index contributed by atoms with van der Waals surface area (Å²) in [7, 11) is 0. The average molecular weight is 313 g/mol. The second-order valence-corrected chi connectivity index (χ2v) is 5.90. The normalized spacial score (nSPS) is 12.6. The first-order valence-electron chi connectivity index (χ1n) is 6.43. The van der Waals surface area contributed by atoms with Gasteiger partial charge in [-0.25, -0.2) is 9.89 Å². The average Bonchev–Trinajstić information content (AvgIpc) is 2.79. The van der Waals surface area contributed by atoms with Crippen molar-refractivity contribution in [3.63, 3.8) is 0 Å². The van der Waals surface area contributed by atoms with Crippen molar-refractivity contribution in [2.24, 2.45) is 5.73 Å². The Labute approximate surface area is 126 Å². The van der Waals surface area contributed by atoms with Crippen molar-refractivity contribution in [3.8, 4) is 0 Å². The number of rotatable bonds is 6. The molecular formula is C13H17ClN4OS. The number of H-pyrrole nitrogens is 1. The zero-order valence-electron chi connectivity index (χ0n) is 11.2. The molecule has 0 saturated heterocycles. The van der Waals surface area contributed by atoms with Gasteiger partial charge in [0, 0.05) is 18.1 Å². The lowest BCUT2D eigenvalue weighted by Crippen LogP contribution is -2.18. The van der Waals surface area contributed by atoms with E-state index in [0.29, 0.717) is 23.3 Å². The number of nitrogens with two attached hydrogens (primary N) is 1. The summed E-state index contributed by atoms with van der Waals surface area (Å²) >= 11 is 7.66. The largest absolute Gasteiger partial charge is 0.343 e. The minimum atomic E-state index is -0.190. The Kier molecular flexibility index (Phi) is 5.28. The van der Waals surface area contributed by atoms with Crippen molar-refractivity contribution in [2.75, 3.05) is 6.54 Å². The third-order valence-corrected chi connectivity index (χ3v) is 4.48. The van der Waals surface area contributed by atoms with E-state index in [1.165, 1.54) is 11.8 Å². The smallest absolute Gasteiger partial charge is 0.329 e. The van der Waals surface area contributed by atoms with Crippen molar-refractivity contribution in [1.29, 1.82) is 0 Å². The van der Waals surface area contributed by atoms with Crippen LogP contribution in [-0.4, -0.2) is 21.3 Å². The van der Waals surface area contributed by atoms with Crippen LogP contribution in [0.3, 0.4) is 0 Å². The topological polar surface area (TPSA) is 76.7 Å². The van der Waals surface area contributed by atoms with Crippen molar-refractivity contribution in [2.45, 2.75) is 30.3 Å². The van der Waals surface area contributed by atoms with Crippen LogP contribution in [0.15, 0.2) is 34.2 Å². The van der Waals surface area contributed by atoms with Gasteiger partial charge in [-0.15, -0.1) is 5.10 Å². The molecule has 0 radical (unpaired) electrons. The summed E-state index contributed by atoms with van der Waals surface area (Å²) < 4.78 is 1.63. The van der Waals surface area contributed by atoms with Crippen LogP contribution in [0.4, 0.5) is 0 Å². The predicted octanol–water partition coefficient (Wildman–Crippen LogP) is 2.43. The standard InChI is InChI=1S/C13H17ClN4OS/c1-2-7-18-12(19)16-17-13(18)20-11(8-15)9-5-3-4-6-10(9)14/h3-6,11H,2,7-8,15H2,1H3,(H,16,19). The molecule has 1 aromatic heterocycles. The number of thioether (sulfide) groups is 1. The number of aromatic nitrogens is 3. The Morgan fingerprint density at radius 1 is 1.50 bits per heavy atom. The maximum atomic E-state index is 11.7. The number of nitrogens with one attached hydrogen (secondary N) is 1. The van der Waals surface area contributed by atoms with Gasteiger partial charge in [0.05, 0.1) is 5.25 Å². The van der Waals surface area contributed by atoms with Crippen molar-refractivity contribution >= 4 is 23.4 Å². The zero-order valence-corrected chi connectivity index (χ0v) is 12.7. The van der Waals surface area contributed by atoms with E-state index in [0.717, 1.165) is 12.0 Å². The fraction of sp³-hybridized carbons (Fsp3) is 0.385. The number of aromatic amines is 1. The SMILES string of the molecule is CCCn1c(SC(CN)c2ccccc2Cl)n[nH]c1=O. The lowest BCUT2D eigenvalue weighted by Gasteiger charge is -2.15. The molecule has 0 fully saturated rings. The summed E-state index contributed by atoms with van der Waals surface area (Å²) in [4.78, 5) is 11.7. The molecule has 0 bridgehead atoms. The number of hydrogen-bond acceptors (Lipinski definition) is 4. The van der Waals surface area contributed by atoms with E-state index in [4.69, 9.17) is 17.3 Å². The lowest BCUT2D eigenvalue weighted by molar-refractivity contribution is 0.602. The summed E-state index contributed by atoms with van der Waals surface area (Å²) in [5, 5.41) is 7.84. The van der Waals surface area contributed by atoms with E-state index in [2.05, 4.69) is 10.2 Å². The molecule has 0 spiro atoms. The molecule has 1 aromatic carbocycles. The van der Waals surface area contributed by atoms with Crippen LogP contribution in [0.1, 0.15) is 24.2 Å². The summed E-state index contributed by atoms with van der Waals surface area (Å²) in [5.74, 6) is 0. The highest BCUT2D eigenvalue weighted by Crippen LogP contribution is 2.36. The molecule has 0 aliphatic carbocycles. The number of nitrogens with zero attached hydrogens (tertiary/aromatic N) is 2. The van der Waals surface area contributed by atoms with E-state index in [1.807, 2.05) is 31.2 Å². The third kappa shape index (κ3) is 3.26. The van der Waals surface area contributed by atoms with E-state index in [1.54, 1.807) is 4.57 Å². The first-order valence-corrected chi connectivity index (χ1v) is 7.69. The van der Waals surface area contributed by atoms with Gasteiger partial charge in [0.1, 0.15) is 0 Å². The maximum absolute atomic E-state index is 11.7. The van der Waals surface area contributed by atoms with Crippen LogP contribution < -0.4 is 11.4 Å².